The molecule has 0 spiro atoms. The highest BCUT2D eigenvalue weighted by Crippen LogP contribution is 2.36. The van der Waals surface area contributed by atoms with Gasteiger partial charge in [-0.15, -0.1) is 0 Å². The van der Waals surface area contributed by atoms with Crippen LogP contribution in [-0.4, -0.2) is 117 Å². The lowest BCUT2D eigenvalue weighted by molar-refractivity contribution is -0.136. The standard InChI is InChI=1S/C47H51N11O5/c59-40-13-12-39(45(61)53-40)58-46(62)37-11-10-35(27-38(37)47(58)63)56-22-20-54(21-23-56)17-14-30-15-18-55(19-16-30)34-8-6-32(7-9-34)52-43-42-44(49-28-48-43)57(29-50-42)36-25-33(26-36)51-41(60)24-31-4-2-1-3-5-31/h1-11,27-30,33,36,39H,12-26H2,(H,51,60)(H,48,49,52)(H,53,59,61). The molecule has 6 heterocycles. The average Bonchev–Trinajstić information content (AvgIpc) is 3.83. The van der Waals surface area contributed by atoms with Crippen molar-refractivity contribution in [1.29, 1.82) is 0 Å². The number of rotatable bonds is 12. The van der Waals surface area contributed by atoms with Crippen LogP contribution in [0.15, 0.2) is 85.5 Å². The molecule has 1 atom stereocenters. The summed E-state index contributed by atoms with van der Waals surface area (Å²) in [5.41, 5.74) is 6.19. The van der Waals surface area contributed by atoms with E-state index in [2.05, 4.69) is 74.4 Å². The number of hydrogen-bond donors (Lipinski definition) is 3. The summed E-state index contributed by atoms with van der Waals surface area (Å²) in [5, 5.41) is 8.88. The first-order chi connectivity index (χ1) is 30.7. The van der Waals surface area contributed by atoms with Gasteiger partial charge in [-0.25, -0.2) is 15.0 Å². The largest absolute Gasteiger partial charge is 0.372 e. The van der Waals surface area contributed by atoms with Gasteiger partial charge in [0.15, 0.2) is 17.0 Å². The van der Waals surface area contributed by atoms with Crippen molar-refractivity contribution in [3.8, 4) is 0 Å². The molecule has 3 aromatic carbocycles. The normalized spacial score (nSPS) is 22.0. The highest BCUT2D eigenvalue weighted by Gasteiger charge is 2.45. The summed E-state index contributed by atoms with van der Waals surface area (Å²) in [4.78, 5) is 85.2. The molecule has 2 aromatic heterocycles. The Bertz CT molecular complexity index is 2540. The maximum atomic E-state index is 13.3. The van der Waals surface area contributed by atoms with Crippen LogP contribution in [0.1, 0.15) is 77.3 Å². The molecule has 16 nitrogen and oxygen atoms in total. The SMILES string of the molecule is O=C1CCC(N2C(=O)c3ccc(N4CCN(CCC5CCN(c6ccc(Nc7ncnc8c7ncn8C7CC(NC(=O)Cc8ccccc8)C7)cc6)CC5)CC4)cc3C2=O)C(=O)N1. The second-order valence-corrected chi connectivity index (χ2v) is 17.5. The van der Waals surface area contributed by atoms with Crippen molar-refractivity contribution in [1.82, 2.24) is 40.0 Å². The first-order valence-electron chi connectivity index (χ1n) is 22.2. The van der Waals surface area contributed by atoms with E-state index in [-0.39, 0.29) is 36.7 Å². The van der Waals surface area contributed by atoms with Crippen LogP contribution < -0.4 is 25.8 Å². The zero-order chi connectivity index (χ0) is 43.0. The van der Waals surface area contributed by atoms with E-state index in [9.17, 15) is 24.0 Å². The van der Waals surface area contributed by atoms with Gasteiger partial charge in [0.2, 0.25) is 17.7 Å². The van der Waals surface area contributed by atoms with E-state index < -0.39 is 23.8 Å². The van der Waals surface area contributed by atoms with Crippen LogP contribution in [0.2, 0.25) is 0 Å². The minimum absolute atomic E-state index is 0.0470. The zero-order valence-electron chi connectivity index (χ0n) is 35.1. The first kappa shape index (κ1) is 40.4. The maximum absolute atomic E-state index is 13.3. The van der Waals surface area contributed by atoms with E-state index in [0.29, 0.717) is 29.3 Å². The summed E-state index contributed by atoms with van der Waals surface area (Å²) in [6.45, 7) is 6.59. The molecule has 63 heavy (non-hydrogen) atoms. The lowest BCUT2D eigenvalue weighted by atomic mass is 9.86. The number of piperazine rings is 1. The number of piperidine rings is 2. The Labute approximate surface area is 365 Å². The molecular formula is C47H51N11O5. The molecule has 4 aliphatic heterocycles. The molecule has 5 amide bonds. The molecule has 0 radical (unpaired) electrons. The van der Waals surface area contributed by atoms with Crippen molar-refractivity contribution in [2.45, 2.75) is 69.5 Å². The summed E-state index contributed by atoms with van der Waals surface area (Å²) in [6, 6.07) is 23.1. The van der Waals surface area contributed by atoms with Crippen molar-refractivity contribution in [3.63, 3.8) is 0 Å². The van der Waals surface area contributed by atoms with E-state index in [0.717, 1.165) is 111 Å². The Morgan fingerprint density at radius 2 is 1.49 bits per heavy atom. The topological polar surface area (TPSA) is 178 Å². The lowest BCUT2D eigenvalue weighted by Crippen LogP contribution is -2.54. The Morgan fingerprint density at radius 3 is 2.25 bits per heavy atom. The molecule has 1 unspecified atom stereocenters. The number of nitrogens with one attached hydrogen (secondary N) is 3. The second-order valence-electron chi connectivity index (χ2n) is 17.5. The van der Waals surface area contributed by atoms with Gasteiger partial charge < -0.3 is 25.0 Å². The maximum Gasteiger partial charge on any atom is 0.262 e. The van der Waals surface area contributed by atoms with Crippen LogP contribution in [0.3, 0.4) is 0 Å². The van der Waals surface area contributed by atoms with Gasteiger partial charge in [0.1, 0.15) is 12.4 Å². The molecule has 16 heteroatoms. The van der Waals surface area contributed by atoms with Crippen molar-refractivity contribution in [2.24, 2.45) is 5.92 Å². The number of amides is 5. The summed E-state index contributed by atoms with van der Waals surface area (Å²) in [6.07, 6.45) is 9.18. The van der Waals surface area contributed by atoms with Gasteiger partial charge in [0.05, 0.1) is 23.9 Å². The molecule has 1 saturated carbocycles. The number of anilines is 4. The number of imide groups is 2. The van der Waals surface area contributed by atoms with Gasteiger partial charge in [0.25, 0.3) is 11.8 Å². The monoisotopic (exact) mass is 849 g/mol. The molecule has 4 fully saturated rings. The fraction of sp³-hybridized carbons (Fsp3) is 0.404. The number of aromatic nitrogens is 4. The molecular weight excluding hydrogens is 799 g/mol. The van der Waals surface area contributed by atoms with Crippen molar-refractivity contribution in [3.05, 3.63) is 102 Å². The lowest BCUT2D eigenvalue weighted by Gasteiger charge is -2.38. The Kier molecular flexibility index (Phi) is 11.1. The van der Waals surface area contributed by atoms with Gasteiger partial charge in [-0.1, -0.05) is 30.3 Å². The molecule has 3 saturated heterocycles. The molecule has 0 bridgehead atoms. The zero-order valence-corrected chi connectivity index (χ0v) is 35.1. The molecule has 5 aromatic rings. The molecule has 3 N–H and O–H groups in total. The molecule has 5 aliphatic rings. The van der Waals surface area contributed by atoms with Crippen LogP contribution in [0, 0.1) is 5.92 Å². The number of fused-ring (bicyclic) bond motifs is 2. The predicted molar refractivity (Wildman–Crippen MR) is 237 cm³/mol. The molecule has 1 aliphatic carbocycles. The van der Waals surface area contributed by atoms with Crippen molar-refractivity contribution < 1.29 is 24.0 Å². The highest BCUT2D eigenvalue weighted by atomic mass is 16.2. The fourth-order valence-corrected chi connectivity index (χ4v) is 9.83. The number of carbonyl (C=O) groups is 5. The summed E-state index contributed by atoms with van der Waals surface area (Å²) >= 11 is 0. The van der Waals surface area contributed by atoms with Crippen LogP contribution in [0.25, 0.3) is 11.2 Å². The Balaban J connectivity index is 0.658. The molecule has 324 valence electrons. The minimum atomic E-state index is -0.965. The van der Waals surface area contributed by atoms with Crippen molar-refractivity contribution >= 4 is 63.6 Å². The van der Waals surface area contributed by atoms with E-state index in [1.165, 1.54) is 5.69 Å². The number of benzene rings is 3. The van der Waals surface area contributed by atoms with E-state index >= 15 is 0 Å². The third-order valence-electron chi connectivity index (χ3n) is 13.6. The number of imidazole rings is 1. The van der Waals surface area contributed by atoms with E-state index in [1.807, 2.05) is 42.7 Å². The number of hydrogen-bond acceptors (Lipinski definition) is 12. The van der Waals surface area contributed by atoms with E-state index in [1.54, 1.807) is 18.5 Å². The quantitative estimate of drug-likeness (QED) is 0.151. The minimum Gasteiger partial charge on any atom is -0.372 e. The van der Waals surface area contributed by atoms with Gasteiger partial charge >= 0.3 is 0 Å². The summed E-state index contributed by atoms with van der Waals surface area (Å²) in [7, 11) is 0. The predicted octanol–water partition coefficient (Wildman–Crippen LogP) is 4.46. The van der Waals surface area contributed by atoms with E-state index in [4.69, 9.17) is 0 Å². The van der Waals surface area contributed by atoms with Crippen LogP contribution in [0.5, 0.6) is 0 Å². The third kappa shape index (κ3) is 8.34. The average molecular weight is 850 g/mol. The third-order valence-corrected chi connectivity index (χ3v) is 13.6. The van der Waals surface area contributed by atoms with Crippen LogP contribution >= 0.6 is 0 Å². The van der Waals surface area contributed by atoms with Crippen LogP contribution in [-0.2, 0) is 20.8 Å². The van der Waals surface area contributed by atoms with Gasteiger partial charge in [-0.2, -0.15) is 0 Å². The number of carbonyl (C=O) groups excluding carboxylic acids is 5. The van der Waals surface area contributed by atoms with Crippen molar-refractivity contribution in [2.75, 3.05) is 60.9 Å². The second kappa shape index (κ2) is 17.2. The molecule has 10 rings (SSSR count). The van der Waals surface area contributed by atoms with Gasteiger partial charge in [-0.05, 0) is 99.0 Å². The smallest absolute Gasteiger partial charge is 0.262 e. The fourth-order valence-electron chi connectivity index (χ4n) is 9.83. The van der Waals surface area contributed by atoms with Gasteiger partial charge in [-0.3, -0.25) is 39.1 Å². The Hall–Kier alpha value is -6.68. The van der Waals surface area contributed by atoms with Gasteiger partial charge in [0, 0.05) is 74.8 Å². The number of nitrogens with zero attached hydrogens (tertiary/aromatic N) is 8. The highest BCUT2D eigenvalue weighted by molar-refractivity contribution is 6.23. The van der Waals surface area contributed by atoms with Crippen LogP contribution in [0.4, 0.5) is 22.9 Å². The summed E-state index contributed by atoms with van der Waals surface area (Å²) in [5.74, 6) is -0.549. The summed E-state index contributed by atoms with van der Waals surface area (Å²) < 4.78 is 2.10. The first-order valence-corrected chi connectivity index (χ1v) is 22.2. The Morgan fingerprint density at radius 1 is 0.762 bits per heavy atom.